The van der Waals surface area contributed by atoms with Crippen LogP contribution >= 0.6 is 11.6 Å². The molecule has 11 heavy (non-hydrogen) atoms. The lowest BCUT2D eigenvalue weighted by Gasteiger charge is -2.06. The molecule has 0 aliphatic heterocycles. The zero-order chi connectivity index (χ0) is 8.27. The molecule has 2 nitrogen and oxygen atoms in total. The number of para-hydroxylation sites is 1. The standard InChI is InChI=1S/C8H9ClNO/c1-11-8-6(5-10)3-2-4-7(8)9/h2-4,10H,5H2,1H3. The smallest absolute Gasteiger partial charge is 0.141 e. The fourth-order valence-corrected chi connectivity index (χ4v) is 1.19. The fourth-order valence-electron chi connectivity index (χ4n) is 0.921. The zero-order valence-electron chi connectivity index (χ0n) is 6.23. The van der Waals surface area contributed by atoms with Gasteiger partial charge in [-0.05, 0) is 6.07 Å². The van der Waals surface area contributed by atoms with Crippen molar-refractivity contribution >= 4 is 11.6 Å². The van der Waals surface area contributed by atoms with Crippen LogP contribution in [0, 0.1) is 0 Å². The normalized spacial score (nSPS) is 9.73. The monoisotopic (exact) mass is 170 g/mol. The second-order valence-electron chi connectivity index (χ2n) is 2.11. The van der Waals surface area contributed by atoms with Crippen LogP contribution in [0.3, 0.4) is 0 Å². The van der Waals surface area contributed by atoms with Crippen LogP contribution in [-0.2, 0) is 6.54 Å². The maximum absolute atomic E-state index is 7.15. The summed E-state index contributed by atoms with van der Waals surface area (Å²) in [4.78, 5) is 0. The van der Waals surface area contributed by atoms with E-state index in [0.29, 0.717) is 10.8 Å². The fraction of sp³-hybridized carbons (Fsp3) is 0.250. The first kappa shape index (κ1) is 8.37. The molecule has 0 atom stereocenters. The van der Waals surface area contributed by atoms with Crippen molar-refractivity contribution in [3.05, 3.63) is 28.8 Å². The minimum atomic E-state index is 0.198. The highest BCUT2D eigenvalue weighted by atomic mass is 35.5. The largest absolute Gasteiger partial charge is 0.495 e. The first-order valence-electron chi connectivity index (χ1n) is 3.25. The number of methoxy groups -OCH3 is 1. The Morgan fingerprint density at radius 2 is 2.27 bits per heavy atom. The van der Waals surface area contributed by atoms with Crippen LogP contribution in [-0.4, -0.2) is 7.11 Å². The zero-order valence-corrected chi connectivity index (χ0v) is 6.98. The lowest BCUT2D eigenvalue weighted by Crippen LogP contribution is -1.92. The summed E-state index contributed by atoms with van der Waals surface area (Å²) in [7, 11) is 1.56. The summed E-state index contributed by atoms with van der Waals surface area (Å²) in [5, 5.41) is 0.567. The van der Waals surface area contributed by atoms with Crippen molar-refractivity contribution in [3.63, 3.8) is 0 Å². The molecular formula is C8H9ClNO. The van der Waals surface area contributed by atoms with Crippen LogP contribution in [0.2, 0.25) is 5.02 Å². The quantitative estimate of drug-likeness (QED) is 0.670. The highest BCUT2D eigenvalue weighted by Gasteiger charge is 2.04. The molecule has 0 fully saturated rings. The van der Waals surface area contributed by atoms with Gasteiger partial charge in [0.25, 0.3) is 0 Å². The molecular weight excluding hydrogens is 162 g/mol. The third-order valence-electron chi connectivity index (χ3n) is 1.44. The van der Waals surface area contributed by atoms with Gasteiger partial charge < -0.3 is 4.74 Å². The average molecular weight is 171 g/mol. The van der Waals surface area contributed by atoms with Gasteiger partial charge in [-0.15, -0.1) is 0 Å². The lowest BCUT2D eigenvalue weighted by atomic mass is 10.2. The van der Waals surface area contributed by atoms with Crippen LogP contribution in [0.15, 0.2) is 18.2 Å². The molecule has 1 aromatic carbocycles. The van der Waals surface area contributed by atoms with Gasteiger partial charge in [0, 0.05) is 12.1 Å². The topological polar surface area (TPSA) is 33.0 Å². The second-order valence-corrected chi connectivity index (χ2v) is 2.52. The van der Waals surface area contributed by atoms with Crippen LogP contribution in [0.1, 0.15) is 5.56 Å². The van der Waals surface area contributed by atoms with Gasteiger partial charge in [-0.2, -0.15) is 0 Å². The highest BCUT2D eigenvalue weighted by Crippen LogP contribution is 2.27. The summed E-state index contributed by atoms with van der Waals surface area (Å²) in [5.74, 6) is 0.615. The van der Waals surface area contributed by atoms with E-state index in [4.69, 9.17) is 22.1 Å². The van der Waals surface area contributed by atoms with Crippen molar-refractivity contribution in [2.24, 2.45) is 0 Å². The van der Waals surface area contributed by atoms with E-state index in [2.05, 4.69) is 0 Å². The SMILES string of the molecule is COc1c(Cl)cccc1C[NH]. The summed E-state index contributed by atoms with van der Waals surface area (Å²) < 4.78 is 5.02. The third kappa shape index (κ3) is 1.64. The Balaban J connectivity index is 3.13. The molecule has 0 amide bonds. The van der Waals surface area contributed by atoms with Gasteiger partial charge >= 0.3 is 0 Å². The minimum Gasteiger partial charge on any atom is -0.495 e. The van der Waals surface area contributed by atoms with E-state index in [-0.39, 0.29) is 6.54 Å². The van der Waals surface area contributed by atoms with E-state index < -0.39 is 0 Å². The Bertz CT molecular complexity index is 250. The molecule has 0 saturated carbocycles. The molecule has 0 heterocycles. The van der Waals surface area contributed by atoms with Crippen LogP contribution in [0.5, 0.6) is 5.75 Å². The number of nitrogens with one attached hydrogen (secondary N) is 1. The molecule has 0 bridgehead atoms. The molecule has 0 aliphatic carbocycles. The molecule has 0 unspecified atom stereocenters. The Labute approximate surface area is 70.9 Å². The summed E-state index contributed by atoms with van der Waals surface area (Å²) in [6, 6.07) is 5.39. The first-order chi connectivity index (χ1) is 5.29. The van der Waals surface area contributed by atoms with Crippen molar-refractivity contribution in [1.82, 2.24) is 5.73 Å². The van der Waals surface area contributed by atoms with Gasteiger partial charge in [0.1, 0.15) is 5.75 Å². The third-order valence-corrected chi connectivity index (χ3v) is 1.74. The summed E-state index contributed by atoms with van der Waals surface area (Å²) in [6.07, 6.45) is 0. The number of halogens is 1. The molecule has 1 rings (SSSR count). The molecule has 3 heteroatoms. The van der Waals surface area contributed by atoms with Gasteiger partial charge in [0.2, 0.25) is 0 Å². The predicted octanol–water partition coefficient (Wildman–Crippen LogP) is 2.13. The van der Waals surface area contributed by atoms with Crippen molar-refractivity contribution in [1.29, 1.82) is 0 Å². The van der Waals surface area contributed by atoms with Crippen molar-refractivity contribution in [2.75, 3.05) is 7.11 Å². The predicted molar refractivity (Wildman–Crippen MR) is 44.8 cm³/mol. The lowest BCUT2D eigenvalue weighted by molar-refractivity contribution is 0.410. The second kappa shape index (κ2) is 3.60. The van der Waals surface area contributed by atoms with Crippen molar-refractivity contribution < 1.29 is 4.74 Å². The molecule has 1 radical (unpaired) electrons. The maximum Gasteiger partial charge on any atom is 0.141 e. The Morgan fingerprint density at radius 1 is 1.55 bits per heavy atom. The molecule has 0 aliphatic rings. The molecule has 0 saturated heterocycles. The number of benzene rings is 1. The van der Waals surface area contributed by atoms with Gasteiger partial charge in [-0.1, -0.05) is 23.7 Å². The number of hydrogen-bond acceptors (Lipinski definition) is 1. The van der Waals surface area contributed by atoms with Gasteiger partial charge in [0.05, 0.1) is 12.1 Å². The van der Waals surface area contributed by atoms with E-state index in [9.17, 15) is 0 Å². The Morgan fingerprint density at radius 3 is 2.73 bits per heavy atom. The highest BCUT2D eigenvalue weighted by molar-refractivity contribution is 6.32. The van der Waals surface area contributed by atoms with E-state index in [1.165, 1.54) is 0 Å². The van der Waals surface area contributed by atoms with E-state index in [1.807, 2.05) is 12.1 Å². The molecule has 0 aromatic heterocycles. The van der Waals surface area contributed by atoms with Gasteiger partial charge in [-0.25, -0.2) is 0 Å². The molecule has 59 valence electrons. The van der Waals surface area contributed by atoms with E-state index in [0.717, 1.165) is 5.56 Å². The summed E-state index contributed by atoms with van der Waals surface area (Å²) >= 11 is 5.80. The van der Waals surface area contributed by atoms with E-state index in [1.54, 1.807) is 13.2 Å². The van der Waals surface area contributed by atoms with Gasteiger partial charge in [0.15, 0.2) is 0 Å². The van der Waals surface area contributed by atoms with Crippen LogP contribution in [0.25, 0.3) is 0 Å². The number of ether oxygens (including phenoxy) is 1. The Hall–Kier alpha value is -0.730. The van der Waals surface area contributed by atoms with Crippen molar-refractivity contribution in [3.8, 4) is 5.75 Å². The van der Waals surface area contributed by atoms with Gasteiger partial charge in [-0.3, -0.25) is 5.73 Å². The number of rotatable bonds is 2. The molecule has 1 aromatic rings. The number of hydrogen-bond donors (Lipinski definition) is 0. The first-order valence-corrected chi connectivity index (χ1v) is 3.63. The average Bonchev–Trinajstić information content (AvgIpc) is 2.04. The summed E-state index contributed by atoms with van der Waals surface area (Å²) in [5.41, 5.74) is 7.97. The minimum absolute atomic E-state index is 0.198. The van der Waals surface area contributed by atoms with Crippen LogP contribution in [0.4, 0.5) is 0 Å². The molecule has 0 spiro atoms. The molecule has 1 N–H and O–H groups in total. The maximum atomic E-state index is 7.15. The Kier molecular flexibility index (Phi) is 2.74. The summed E-state index contributed by atoms with van der Waals surface area (Å²) in [6.45, 7) is 0.198. The van der Waals surface area contributed by atoms with E-state index >= 15 is 0 Å². The van der Waals surface area contributed by atoms with Crippen LogP contribution < -0.4 is 10.5 Å². The van der Waals surface area contributed by atoms with Crippen molar-refractivity contribution in [2.45, 2.75) is 6.54 Å².